The number of H-pyrrole nitrogens is 1. The molecule has 0 unspecified atom stereocenters. The van der Waals surface area contributed by atoms with E-state index in [2.05, 4.69) is 36.8 Å². The zero-order chi connectivity index (χ0) is 16.9. The molecule has 24 heavy (non-hydrogen) atoms. The van der Waals surface area contributed by atoms with Crippen molar-refractivity contribution in [1.29, 1.82) is 0 Å². The summed E-state index contributed by atoms with van der Waals surface area (Å²) in [5.41, 5.74) is 6.47. The number of rotatable bonds is 5. The van der Waals surface area contributed by atoms with E-state index in [-0.39, 0.29) is 12.5 Å². The maximum atomic E-state index is 11.9. The summed E-state index contributed by atoms with van der Waals surface area (Å²) in [5, 5.41) is 8.19. The Morgan fingerprint density at radius 1 is 1.21 bits per heavy atom. The number of para-hydroxylation sites is 1. The average molecular weight is 385 g/mol. The van der Waals surface area contributed by atoms with Gasteiger partial charge in [-0.3, -0.25) is 4.79 Å². The Kier molecular flexibility index (Phi) is 4.96. The second-order valence-corrected chi connectivity index (χ2v) is 6.28. The van der Waals surface area contributed by atoms with Gasteiger partial charge in [-0.2, -0.15) is 5.10 Å². The number of anilines is 1. The number of benzene rings is 2. The minimum atomic E-state index is -0.202. The van der Waals surface area contributed by atoms with Crippen molar-refractivity contribution in [3.05, 3.63) is 64.3 Å². The molecule has 0 radical (unpaired) electrons. The lowest BCUT2D eigenvalue weighted by molar-refractivity contribution is -0.119. The van der Waals surface area contributed by atoms with Crippen molar-refractivity contribution in [2.75, 3.05) is 11.9 Å². The average Bonchev–Trinajstić information content (AvgIpc) is 2.90. The minimum Gasteiger partial charge on any atom is -0.376 e. The maximum absolute atomic E-state index is 11.9. The summed E-state index contributed by atoms with van der Waals surface area (Å²) in [6.45, 7) is 2.14. The molecule has 0 atom stereocenters. The smallest absolute Gasteiger partial charge is 0.259 e. The molecule has 6 heteroatoms. The summed E-state index contributed by atoms with van der Waals surface area (Å²) >= 11 is 3.37. The number of hydrogen-bond donors (Lipinski definition) is 3. The molecule has 0 fully saturated rings. The zero-order valence-electron chi connectivity index (χ0n) is 13.1. The van der Waals surface area contributed by atoms with Crippen molar-refractivity contribution < 1.29 is 4.79 Å². The van der Waals surface area contributed by atoms with Crippen LogP contribution in [0.15, 0.2) is 58.1 Å². The summed E-state index contributed by atoms with van der Waals surface area (Å²) in [7, 11) is 0. The number of carbonyl (C=O) groups is 1. The Morgan fingerprint density at radius 3 is 2.75 bits per heavy atom. The van der Waals surface area contributed by atoms with Crippen LogP contribution in [0.1, 0.15) is 11.3 Å². The van der Waals surface area contributed by atoms with E-state index in [0.29, 0.717) is 0 Å². The molecule has 0 aliphatic carbocycles. The maximum Gasteiger partial charge on any atom is 0.259 e. The first-order chi connectivity index (χ1) is 11.6. The molecule has 0 bridgehead atoms. The molecule has 122 valence electrons. The number of nitrogens with one attached hydrogen (secondary N) is 3. The molecule has 1 amide bonds. The molecule has 5 nitrogen and oxygen atoms in total. The third kappa shape index (κ3) is 3.83. The van der Waals surface area contributed by atoms with Crippen LogP contribution in [0.2, 0.25) is 0 Å². The number of halogens is 1. The molecule has 3 rings (SSSR count). The Balaban J connectivity index is 1.58. The number of nitrogens with zero attached hydrogens (tertiary/aromatic N) is 1. The fourth-order valence-electron chi connectivity index (χ4n) is 2.42. The molecule has 2 aromatic carbocycles. The first kappa shape index (κ1) is 16.3. The van der Waals surface area contributed by atoms with E-state index in [1.165, 1.54) is 0 Å². The van der Waals surface area contributed by atoms with E-state index in [1.807, 2.05) is 55.5 Å². The third-order valence-electron chi connectivity index (χ3n) is 3.62. The number of hydrazone groups is 1. The number of aryl methyl sites for hydroxylation is 1. The second-order valence-electron chi connectivity index (χ2n) is 5.36. The lowest BCUT2D eigenvalue weighted by Crippen LogP contribution is -2.25. The minimum absolute atomic E-state index is 0.159. The van der Waals surface area contributed by atoms with Crippen LogP contribution in [-0.2, 0) is 4.79 Å². The standard InChI is InChI=1S/C18H17BrN4O/c1-12-16(15-4-2-3-5-17(15)22-12)10-21-23-18(24)11-20-14-8-6-13(19)7-9-14/h2-10,20,22H,11H2,1H3,(H,23,24)/b21-10-. The van der Waals surface area contributed by atoms with Crippen LogP contribution in [0.4, 0.5) is 5.69 Å². The molecular weight excluding hydrogens is 368 g/mol. The molecule has 3 N–H and O–H groups in total. The summed E-state index contributed by atoms with van der Waals surface area (Å²) < 4.78 is 0.996. The van der Waals surface area contributed by atoms with Gasteiger partial charge in [-0.05, 0) is 37.3 Å². The highest BCUT2D eigenvalue weighted by molar-refractivity contribution is 9.10. The van der Waals surface area contributed by atoms with Crippen molar-refractivity contribution >= 4 is 44.6 Å². The summed E-state index contributed by atoms with van der Waals surface area (Å²) in [5.74, 6) is -0.202. The van der Waals surface area contributed by atoms with Crippen LogP contribution in [-0.4, -0.2) is 23.7 Å². The van der Waals surface area contributed by atoms with E-state index >= 15 is 0 Å². The Morgan fingerprint density at radius 2 is 1.96 bits per heavy atom. The molecule has 1 aromatic heterocycles. The molecule has 0 aliphatic heterocycles. The predicted octanol–water partition coefficient (Wildman–Crippen LogP) is 3.80. The first-order valence-corrected chi connectivity index (χ1v) is 8.31. The molecule has 3 aromatic rings. The van der Waals surface area contributed by atoms with Gasteiger partial charge in [0.05, 0.1) is 12.8 Å². The van der Waals surface area contributed by atoms with Gasteiger partial charge in [0.2, 0.25) is 0 Å². The molecule has 1 heterocycles. The van der Waals surface area contributed by atoms with E-state index in [9.17, 15) is 4.79 Å². The van der Waals surface area contributed by atoms with Crippen molar-refractivity contribution in [1.82, 2.24) is 10.4 Å². The zero-order valence-corrected chi connectivity index (χ0v) is 14.7. The molecule has 0 saturated heterocycles. The fraction of sp³-hybridized carbons (Fsp3) is 0.111. The Labute approximate surface area is 148 Å². The third-order valence-corrected chi connectivity index (χ3v) is 4.15. The predicted molar refractivity (Wildman–Crippen MR) is 101 cm³/mol. The van der Waals surface area contributed by atoms with E-state index < -0.39 is 0 Å². The van der Waals surface area contributed by atoms with Crippen LogP contribution in [0.25, 0.3) is 10.9 Å². The Hall–Kier alpha value is -2.60. The lowest BCUT2D eigenvalue weighted by Gasteiger charge is -2.05. The van der Waals surface area contributed by atoms with Gasteiger partial charge in [0, 0.05) is 32.3 Å². The summed E-state index contributed by atoms with van der Waals surface area (Å²) in [6, 6.07) is 15.6. The van der Waals surface area contributed by atoms with E-state index in [0.717, 1.165) is 32.3 Å². The molecular formula is C18H17BrN4O. The number of hydrogen-bond acceptors (Lipinski definition) is 3. The fourth-order valence-corrected chi connectivity index (χ4v) is 2.69. The largest absolute Gasteiger partial charge is 0.376 e. The highest BCUT2D eigenvalue weighted by Crippen LogP contribution is 2.19. The van der Waals surface area contributed by atoms with E-state index in [1.54, 1.807) is 6.21 Å². The van der Waals surface area contributed by atoms with Gasteiger partial charge in [-0.1, -0.05) is 34.1 Å². The molecule has 0 saturated carbocycles. The highest BCUT2D eigenvalue weighted by Gasteiger charge is 2.05. The number of aromatic amines is 1. The number of amides is 1. The van der Waals surface area contributed by atoms with Crippen molar-refractivity contribution in [2.45, 2.75) is 6.92 Å². The van der Waals surface area contributed by atoms with Crippen LogP contribution in [0, 0.1) is 6.92 Å². The molecule has 0 aliphatic rings. The molecule has 0 spiro atoms. The number of aromatic nitrogens is 1. The van der Waals surface area contributed by atoms with Gasteiger partial charge in [-0.25, -0.2) is 5.43 Å². The number of fused-ring (bicyclic) bond motifs is 1. The highest BCUT2D eigenvalue weighted by atomic mass is 79.9. The Bertz CT molecular complexity index is 884. The number of carbonyl (C=O) groups excluding carboxylic acids is 1. The normalized spacial score (nSPS) is 11.1. The van der Waals surface area contributed by atoms with Crippen molar-refractivity contribution in [2.24, 2.45) is 5.10 Å². The van der Waals surface area contributed by atoms with Gasteiger partial charge in [0.15, 0.2) is 0 Å². The van der Waals surface area contributed by atoms with Crippen molar-refractivity contribution in [3.63, 3.8) is 0 Å². The SMILES string of the molecule is Cc1[nH]c2ccccc2c1/C=N\NC(=O)CNc1ccc(Br)cc1. The van der Waals surface area contributed by atoms with Crippen LogP contribution < -0.4 is 10.7 Å². The van der Waals surface area contributed by atoms with Crippen molar-refractivity contribution in [3.8, 4) is 0 Å². The summed E-state index contributed by atoms with van der Waals surface area (Å²) in [6.07, 6.45) is 1.67. The summed E-state index contributed by atoms with van der Waals surface area (Å²) in [4.78, 5) is 15.2. The monoisotopic (exact) mass is 384 g/mol. The van der Waals surface area contributed by atoms with Gasteiger partial charge < -0.3 is 10.3 Å². The quantitative estimate of drug-likeness (QED) is 0.462. The van der Waals surface area contributed by atoms with Crippen LogP contribution in [0.5, 0.6) is 0 Å². The lowest BCUT2D eigenvalue weighted by atomic mass is 10.1. The van der Waals surface area contributed by atoms with Gasteiger partial charge in [0.25, 0.3) is 5.91 Å². The van der Waals surface area contributed by atoms with Gasteiger partial charge >= 0.3 is 0 Å². The van der Waals surface area contributed by atoms with Gasteiger partial charge in [0.1, 0.15) is 0 Å². The van der Waals surface area contributed by atoms with E-state index in [4.69, 9.17) is 0 Å². The van der Waals surface area contributed by atoms with Crippen LogP contribution >= 0.6 is 15.9 Å². The van der Waals surface area contributed by atoms with Crippen LogP contribution in [0.3, 0.4) is 0 Å². The first-order valence-electron chi connectivity index (χ1n) is 7.52. The second kappa shape index (κ2) is 7.31. The topological polar surface area (TPSA) is 69.3 Å². The van der Waals surface area contributed by atoms with Gasteiger partial charge in [-0.15, -0.1) is 0 Å².